The van der Waals surface area contributed by atoms with Crippen molar-refractivity contribution in [3.8, 4) is 11.5 Å². The van der Waals surface area contributed by atoms with Crippen molar-refractivity contribution in [3.05, 3.63) is 53.6 Å². The molecule has 0 aliphatic heterocycles. The van der Waals surface area contributed by atoms with Gasteiger partial charge in [-0.15, -0.1) is 0 Å². The first kappa shape index (κ1) is 36.4. The van der Waals surface area contributed by atoms with Crippen LogP contribution in [0, 0.1) is 6.92 Å². The van der Waals surface area contributed by atoms with E-state index in [1.54, 1.807) is 56.3 Å². The van der Waals surface area contributed by atoms with Crippen molar-refractivity contribution in [1.82, 2.24) is 4.90 Å². The van der Waals surface area contributed by atoms with Crippen LogP contribution in [0.5, 0.6) is 11.5 Å². The molecule has 0 heterocycles. The molecular formula is C29H35F7N2O6. The number of amides is 2. The fraction of sp³-hybridized carbons (Fsp3) is 0.517. The first-order valence-electron chi connectivity index (χ1n) is 13.6. The molecule has 44 heavy (non-hydrogen) atoms. The molecule has 0 aliphatic carbocycles. The SMILES string of the molecule is CCOC(Cc1ccc(OCCN(CCCCC(F)(F)C(F)(F)C(F)(F)F)C(=O)Nc2cc(C)ccc2OC)cc1)C(=O)O. The van der Waals surface area contributed by atoms with E-state index in [4.69, 9.17) is 14.2 Å². The van der Waals surface area contributed by atoms with Crippen LogP contribution in [-0.4, -0.2) is 79.5 Å². The molecule has 2 N–H and O–H groups in total. The van der Waals surface area contributed by atoms with Gasteiger partial charge in [0.25, 0.3) is 0 Å². The zero-order valence-corrected chi connectivity index (χ0v) is 24.4. The van der Waals surface area contributed by atoms with Crippen LogP contribution in [-0.2, 0) is 16.0 Å². The van der Waals surface area contributed by atoms with Crippen LogP contribution in [0.3, 0.4) is 0 Å². The number of unbranched alkanes of at least 4 members (excludes halogenated alkanes) is 1. The number of urea groups is 1. The summed E-state index contributed by atoms with van der Waals surface area (Å²) in [5.74, 6) is -11.9. The first-order valence-corrected chi connectivity index (χ1v) is 13.6. The van der Waals surface area contributed by atoms with Crippen molar-refractivity contribution in [3.63, 3.8) is 0 Å². The highest BCUT2D eigenvalue weighted by Gasteiger charge is 2.72. The van der Waals surface area contributed by atoms with Gasteiger partial charge >= 0.3 is 30.0 Å². The van der Waals surface area contributed by atoms with Gasteiger partial charge in [0.15, 0.2) is 6.10 Å². The fourth-order valence-electron chi connectivity index (χ4n) is 4.07. The Hall–Kier alpha value is -3.75. The van der Waals surface area contributed by atoms with Gasteiger partial charge in [-0.25, -0.2) is 9.59 Å². The zero-order valence-electron chi connectivity index (χ0n) is 24.4. The number of aryl methyl sites for hydroxylation is 1. The van der Waals surface area contributed by atoms with Gasteiger partial charge in [0.05, 0.1) is 19.3 Å². The standard InChI is InChI=1S/C29H35F7N2O6/c1-4-43-24(25(39)40)18-20-8-10-21(11-9-20)44-16-15-38(26(41)37-22-17-19(2)7-12-23(22)42-3)14-6-5-13-27(30,31)28(32,33)29(34,35)36/h7-12,17,24H,4-6,13-16,18H2,1-3H3,(H,37,41)(H,39,40). The number of carboxylic acids is 1. The van der Waals surface area contributed by atoms with E-state index in [0.717, 1.165) is 10.5 Å². The number of carbonyl (C=O) groups excluding carboxylic acids is 1. The molecule has 0 radical (unpaired) electrons. The lowest BCUT2D eigenvalue weighted by molar-refractivity contribution is -0.355. The molecule has 0 spiro atoms. The predicted molar refractivity (Wildman–Crippen MR) is 147 cm³/mol. The van der Waals surface area contributed by atoms with Crippen molar-refractivity contribution in [2.24, 2.45) is 0 Å². The number of benzene rings is 2. The summed E-state index contributed by atoms with van der Waals surface area (Å²) in [6, 6.07) is 10.7. The summed E-state index contributed by atoms with van der Waals surface area (Å²) in [6.07, 6.45) is -10.1. The molecule has 1 unspecified atom stereocenters. The molecule has 15 heteroatoms. The molecule has 0 fully saturated rings. The summed E-state index contributed by atoms with van der Waals surface area (Å²) < 4.78 is 107. The minimum absolute atomic E-state index is 0.100. The number of rotatable bonds is 17. The summed E-state index contributed by atoms with van der Waals surface area (Å²) in [5, 5.41) is 11.9. The van der Waals surface area contributed by atoms with Crippen molar-refractivity contribution in [2.75, 3.05) is 38.7 Å². The maximum atomic E-state index is 13.7. The number of alkyl halides is 7. The lowest BCUT2D eigenvalue weighted by Gasteiger charge is -2.28. The molecule has 2 aromatic rings. The zero-order chi connectivity index (χ0) is 33.1. The average molecular weight is 641 g/mol. The summed E-state index contributed by atoms with van der Waals surface area (Å²) in [6.45, 7) is 3.20. The van der Waals surface area contributed by atoms with Crippen LogP contribution >= 0.6 is 0 Å². The molecule has 1 atom stereocenters. The normalized spacial score (nSPS) is 12.9. The average Bonchev–Trinajstić information content (AvgIpc) is 2.94. The van der Waals surface area contributed by atoms with E-state index < -0.39 is 49.0 Å². The van der Waals surface area contributed by atoms with Gasteiger partial charge in [0, 0.05) is 26.0 Å². The Morgan fingerprint density at radius 1 is 0.977 bits per heavy atom. The van der Waals surface area contributed by atoms with E-state index >= 15 is 0 Å². The number of methoxy groups -OCH3 is 1. The molecule has 8 nitrogen and oxygen atoms in total. The van der Waals surface area contributed by atoms with Gasteiger partial charge in [-0.05, 0) is 62.1 Å². The highest BCUT2D eigenvalue weighted by Crippen LogP contribution is 2.48. The summed E-state index contributed by atoms with van der Waals surface area (Å²) >= 11 is 0. The maximum absolute atomic E-state index is 13.7. The van der Waals surface area contributed by atoms with Crippen molar-refractivity contribution >= 4 is 17.7 Å². The quantitative estimate of drug-likeness (QED) is 0.144. The molecule has 246 valence electrons. The second-order valence-corrected chi connectivity index (χ2v) is 9.83. The van der Waals surface area contributed by atoms with Gasteiger partial charge in [-0.1, -0.05) is 18.2 Å². The Labute approximate surface area is 250 Å². The van der Waals surface area contributed by atoms with E-state index in [0.29, 0.717) is 22.7 Å². The lowest BCUT2D eigenvalue weighted by Crippen LogP contribution is -2.51. The smallest absolute Gasteiger partial charge is 0.459 e. The fourth-order valence-corrected chi connectivity index (χ4v) is 4.07. The van der Waals surface area contributed by atoms with E-state index in [1.165, 1.54) is 7.11 Å². The number of ether oxygens (including phenoxy) is 3. The molecule has 0 saturated carbocycles. The van der Waals surface area contributed by atoms with Crippen LogP contribution in [0.1, 0.15) is 37.3 Å². The molecular weight excluding hydrogens is 605 g/mol. The van der Waals surface area contributed by atoms with E-state index in [-0.39, 0.29) is 39.1 Å². The first-order chi connectivity index (χ1) is 20.5. The topological polar surface area (TPSA) is 97.3 Å². The van der Waals surface area contributed by atoms with Crippen molar-refractivity contribution in [1.29, 1.82) is 0 Å². The molecule has 0 aromatic heterocycles. The maximum Gasteiger partial charge on any atom is 0.459 e. The second kappa shape index (κ2) is 15.8. The minimum Gasteiger partial charge on any atom is -0.495 e. The van der Waals surface area contributed by atoms with Gasteiger partial charge < -0.3 is 29.5 Å². The predicted octanol–water partition coefficient (Wildman–Crippen LogP) is 6.95. The van der Waals surface area contributed by atoms with Gasteiger partial charge in [0.1, 0.15) is 18.1 Å². The van der Waals surface area contributed by atoms with E-state index in [9.17, 15) is 45.4 Å². The van der Waals surface area contributed by atoms with Gasteiger partial charge in [0.2, 0.25) is 0 Å². The number of anilines is 1. The van der Waals surface area contributed by atoms with Crippen LogP contribution in [0.15, 0.2) is 42.5 Å². The van der Waals surface area contributed by atoms with E-state index in [1.807, 2.05) is 0 Å². The van der Waals surface area contributed by atoms with Crippen molar-refractivity contribution < 1.29 is 59.6 Å². The minimum atomic E-state index is -6.41. The Bertz CT molecular complexity index is 1230. The molecule has 2 rings (SSSR count). The van der Waals surface area contributed by atoms with Gasteiger partial charge in [-0.2, -0.15) is 30.7 Å². The number of carboxylic acid groups (broad SMARTS) is 1. The Kier molecular flexibility index (Phi) is 13.1. The Balaban J connectivity index is 2.07. The van der Waals surface area contributed by atoms with Gasteiger partial charge in [-0.3, -0.25) is 0 Å². The van der Waals surface area contributed by atoms with Crippen LogP contribution in [0.4, 0.5) is 41.2 Å². The Morgan fingerprint density at radius 2 is 1.64 bits per heavy atom. The third-order valence-electron chi connectivity index (χ3n) is 6.49. The number of hydrogen-bond acceptors (Lipinski definition) is 5. The highest BCUT2D eigenvalue weighted by molar-refractivity contribution is 5.91. The highest BCUT2D eigenvalue weighted by atomic mass is 19.4. The molecule has 0 saturated heterocycles. The number of nitrogens with one attached hydrogen (secondary N) is 1. The van der Waals surface area contributed by atoms with Crippen LogP contribution < -0.4 is 14.8 Å². The number of hydrogen-bond donors (Lipinski definition) is 2. The molecule has 0 aliphatic rings. The largest absolute Gasteiger partial charge is 0.495 e. The monoisotopic (exact) mass is 640 g/mol. The number of carbonyl (C=O) groups is 2. The third kappa shape index (κ3) is 10.2. The third-order valence-corrected chi connectivity index (χ3v) is 6.49. The van der Waals surface area contributed by atoms with E-state index in [2.05, 4.69) is 5.32 Å². The second-order valence-electron chi connectivity index (χ2n) is 9.83. The lowest BCUT2D eigenvalue weighted by atomic mass is 10.0. The molecule has 2 aromatic carbocycles. The number of nitrogens with zero attached hydrogens (tertiary/aromatic N) is 1. The van der Waals surface area contributed by atoms with Crippen LogP contribution in [0.25, 0.3) is 0 Å². The molecule has 0 bridgehead atoms. The molecule has 2 amide bonds. The summed E-state index contributed by atoms with van der Waals surface area (Å²) in [5.41, 5.74) is 1.74. The number of halogens is 7. The number of aliphatic carboxylic acids is 1. The summed E-state index contributed by atoms with van der Waals surface area (Å²) in [7, 11) is 1.38. The Morgan fingerprint density at radius 3 is 2.20 bits per heavy atom. The summed E-state index contributed by atoms with van der Waals surface area (Å²) in [4.78, 5) is 25.6. The van der Waals surface area contributed by atoms with Crippen LogP contribution in [0.2, 0.25) is 0 Å². The van der Waals surface area contributed by atoms with Crippen molar-refractivity contribution in [2.45, 2.75) is 63.7 Å².